The Hall–Kier alpha value is -1.28. The fourth-order valence-electron chi connectivity index (χ4n) is 1.80. The lowest BCUT2D eigenvalue weighted by molar-refractivity contribution is 0.554. The molecule has 1 aliphatic heterocycles. The molecule has 1 aromatic carbocycles. The second-order valence-electron chi connectivity index (χ2n) is 3.59. The van der Waals surface area contributed by atoms with Gasteiger partial charge in [0.25, 0.3) is 7.55 Å². The summed E-state index contributed by atoms with van der Waals surface area (Å²) >= 11 is 0. The van der Waals surface area contributed by atoms with Crippen molar-refractivity contribution in [1.29, 1.82) is 0 Å². The summed E-state index contributed by atoms with van der Waals surface area (Å²) in [6, 6.07) is 7.85. The van der Waals surface area contributed by atoms with Crippen molar-refractivity contribution >= 4 is 32.9 Å². The summed E-state index contributed by atoms with van der Waals surface area (Å²) in [4.78, 5) is 4.29. The number of rotatable bonds is 1. The van der Waals surface area contributed by atoms with Gasteiger partial charge in [0, 0.05) is 0 Å². The molecule has 1 aromatic heterocycles. The number of hydrogen-bond donors (Lipinski definition) is 4. The number of hydrogen-bond acceptors (Lipinski definition) is 5. The summed E-state index contributed by atoms with van der Waals surface area (Å²) in [5, 5.41) is 18.1. The van der Waals surface area contributed by atoms with E-state index in [1.807, 2.05) is 28.7 Å². The molecule has 16 heavy (non-hydrogen) atoms. The van der Waals surface area contributed by atoms with Gasteiger partial charge in [-0.25, -0.2) is 4.98 Å². The highest BCUT2D eigenvalue weighted by atomic mass is 16.2. The Kier molecular flexibility index (Phi) is 2.45. The standard InChI is InChI=1S/C7H9B3N5O/c16-10-13-8-12-9(14-10)15-5-11-6-3-1-2-4-7(6)15/h1-5,12-14,16H. The second-order valence-corrected chi connectivity index (χ2v) is 3.59. The molecule has 0 unspecified atom stereocenters. The molecule has 0 bridgehead atoms. The number of fused-ring (bicyclic) bond motifs is 1. The van der Waals surface area contributed by atoms with Gasteiger partial charge in [0.05, 0.1) is 17.4 Å². The Morgan fingerprint density at radius 1 is 1.31 bits per heavy atom. The zero-order valence-electron chi connectivity index (χ0n) is 8.46. The van der Waals surface area contributed by atoms with Crippen LogP contribution in [0.4, 0.5) is 0 Å². The first-order valence-electron chi connectivity index (χ1n) is 5.04. The highest BCUT2D eigenvalue weighted by molar-refractivity contribution is 6.78. The van der Waals surface area contributed by atoms with Gasteiger partial charge in [0.2, 0.25) is 0 Å². The van der Waals surface area contributed by atoms with Crippen LogP contribution in [0.5, 0.6) is 0 Å². The number of nitrogens with one attached hydrogen (secondary N) is 3. The minimum absolute atomic E-state index is 0.205. The summed E-state index contributed by atoms with van der Waals surface area (Å²) in [6.45, 7) is 0. The predicted molar refractivity (Wildman–Crippen MR) is 64.0 cm³/mol. The van der Waals surface area contributed by atoms with E-state index >= 15 is 0 Å². The molecule has 6 nitrogen and oxygen atoms in total. The first-order chi connectivity index (χ1) is 7.84. The number of nitrogens with zero attached hydrogens (tertiary/aromatic N) is 2. The normalized spacial score (nSPS) is 16.6. The van der Waals surface area contributed by atoms with Crippen LogP contribution in [0.25, 0.3) is 11.0 Å². The quantitative estimate of drug-likeness (QED) is 0.418. The van der Waals surface area contributed by atoms with E-state index in [2.05, 4.69) is 20.4 Å². The summed E-state index contributed by atoms with van der Waals surface area (Å²) in [5.41, 5.74) is 1.94. The van der Waals surface area contributed by atoms with E-state index in [1.54, 1.807) is 13.9 Å². The Morgan fingerprint density at radius 2 is 2.19 bits per heavy atom. The summed E-state index contributed by atoms with van der Waals surface area (Å²) < 4.78 is 1.93. The van der Waals surface area contributed by atoms with Gasteiger partial charge < -0.3 is 24.9 Å². The van der Waals surface area contributed by atoms with Crippen LogP contribution in [0, 0.1) is 0 Å². The molecule has 1 saturated heterocycles. The van der Waals surface area contributed by atoms with Crippen molar-refractivity contribution in [2.75, 3.05) is 0 Å². The van der Waals surface area contributed by atoms with Crippen molar-refractivity contribution in [3.8, 4) is 0 Å². The third-order valence-electron chi connectivity index (χ3n) is 2.56. The van der Waals surface area contributed by atoms with Crippen LogP contribution in [0.1, 0.15) is 0 Å². The smallest absolute Gasteiger partial charge is 0.425 e. The topological polar surface area (TPSA) is 74.1 Å². The van der Waals surface area contributed by atoms with Crippen molar-refractivity contribution < 1.29 is 5.02 Å². The highest BCUT2D eigenvalue weighted by Crippen LogP contribution is 2.11. The van der Waals surface area contributed by atoms with Crippen molar-refractivity contribution in [1.82, 2.24) is 24.9 Å². The summed E-state index contributed by atoms with van der Waals surface area (Å²) in [6.07, 6.45) is 1.74. The molecular weight excluding hydrogens is 203 g/mol. The van der Waals surface area contributed by atoms with Crippen LogP contribution in [0.3, 0.4) is 0 Å². The van der Waals surface area contributed by atoms with Gasteiger partial charge in [0.15, 0.2) is 0 Å². The predicted octanol–water partition coefficient (Wildman–Crippen LogP) is -1.84. The maximum Gasteiger partial charge on any atom is 0.450 e. The molecular formula is C7H9B3N5O. The van der Waals surface area contributed by atoms with Crippen LogP contribution < -0.4 is 15.4 Å². The first-order valence-corrected chi connectivity index (χ1v) is 5.04. The second kappa shape index (κ2) is 3.95. The Bertz CT molecular complexity index is 505. The SMILES string of the molecule is OB1N[B]NB(n2cnc3ccccc32)N1. The lowest BCUT2D eigenvalue weighted by Gasteiger charge is -2.24. The maximum absolute atomic E-state index is 9.42. The van der Waals surface area contributed by atoms with Crippen LogP contribution in [-0.2, 0) is 0 Å². The molecule has 4 N–H and O–H groups in total. The Labute approximate surface area is 94.0 Å². The molecule has 1 aliphatic rings. The molecule has 0 aliphatic carbocycles. The Balaban J connectivity index is 1.99. The third kappa shape index (κ3) is 1.63. The van der Waals surface area contributed by atoms with E-state index in [4.69, 9.17) is 0 Å². The molecule has 0 spiro atoms. The van der Waals surface area contributed by atoms with E-state index in [9.17, 15) is 5.02 Å². The highest BCUT2D eigenvalue weighted by Gasteiger charge is 2.29. The van der Waals surface area contributed by atoms with Gasteiger partial charge in [-0.3, -0.25) is 0 Å². The molecule has 9 heteroatoms. The van der Waals surface area contributed by atoms with Crippen molar-refractivity contribution in [3.05, 3.63) is 30.6 Å². The van der Waals surface area contributed by atoms with Gasteiger partial charge >= 0.3 is 14.3 Å². The average Bonchev–Trinajstić information content (AvgIpc) is 2.72. The maximum atomic E-state index is 9.42. The molecule has 0 amide bonds. The van der Waals surface area contributed by atoms with Gasteiger partial charge in [-0.1, -0.05) is 12.1 Å². The largest absolute Gasteiger partial charge is 0.450 e. The first kappa shape index (κ1) is 9.92. The monoisotopic (exact) mass is 212 g/mol. The van der Waals surface area contributed by atoms with Crippen LogP contribution in [-0.4, -0.2) is 36.3 Å². The molecule has 2 aromatic rings. The zero-order chi connectivity index (χ0) is 11.0. The lowest BCUT2D eigenvalue weighted by Crippen LogP contribution is -2.72. The van der Waals surface area contributed by atoms with Crippen molar-refractivity contribution in [3.63, 3.8) is 0 Å². The van der Waals surface area contributed by atoms with Crippen LogP contribution >= 0.6 is 0 Å². The molecule has 1 radical (unpaired) electrons. The number of para-hydroxylation sites is 2. The van der Waals surface area contributed by atoms with Crippen molar-refractivity contribution in [2.45, 2.75) is 0 Å². The van der Waals surface area contributed by atoms with E-state index < -0.39 is 7.19 Å². The van der Waals surface area contributed by atoms with Crippen LogP contribution in [0.15, 0.2) is 30.6 Å². The Morgan fingerprint density at radius 3 is 3.06 bits per heavy atom. The number of imidazole rings is 1. The van der Waals surface area contributed by atoms with Crippen molar-refractivity contribution in [2.24, 2.45) is 0 Å². The van der Waals surface area contributed by atoms with E-state index in [-0.39, 0.29) is 7.12 Å². The molecule has 0 atom stereocenters. The molecule has 3 rings (SSSR count). The average molecular weight is 212 g/mol. The molecule has 0 saturated carbocycles. The van der Waals surface area contributed by atoms with E-state index in [1.165, 1.54) is 0 Å². The third-order valence-corrected chi connectivity index (χ3v) is 2.56. The van der Waals surface area contributed by atoms with Gasteiger partial charge in [-0.05, 0) is 12.1 Å². The van der Waals surface area contributed by atoms with Crippen LogP contribution in [0.2, 0.25) is 0 Å². The van der Waals surface area contributed by atoms with Gasteiger partial charge in [0.1, 0.15) is 0 Å². The molecule has 1 fully saturated rings. The molecule has 77 valence electrons. The summed E-state index contributed by atoms with van der Waals surface area (Å²) in [7, 11) is 0.650. The fourth-order valence-corrected chi connectivity index (χ4v) is 1.80. The number of benzene rings is 1. The minimum atomic E-state index is -0.757. The fraction of sp³-hybridized carbons (Fsp3) is 0. The number of aromatic nitrogens is 2. The minimum Gasteiger partial charge on any atom is -0.425 e. The van der Waals surface area contributed by atoms with Gasteiger partial charge in [-0.15, -0.1) is 0 Å². The zero-order valence-corrected chi connectivity index (χ0v) is 8.46. The van der Waals surface area contributed by atoms with Gasteiger partial charge in [-0.2, -0.15) is 0 Å². The van der Waals surface area contributed by atoms with E-state index in [0.717, 1.165) is 11.0 Å². The van der Waals surface area contributed by atoms with E-state index in [0.29, 0.717) is 0 Å². The lowest BCUT2D eigenvalue weighted by atomic mass is 9.72. The molecule has 2 heterocycles. The summed E-state index contributed by atoms with van der Waals surface area (Å²) in [5.74, 6) is 0.